The van der Waals surface area contributed by atoms with Gasteiger partial charge in [-0.15, -0.1) is 0 Å². The summed E-state index contributed by atoms with van der Waals surface area (Å²) in [6.07, 6.45) is -1.16. The van der Waals surface area contributed by atoms with Crippen LogP contribution in [0.1, 0.15) is 26.2 Å². The lowest BCUT2D eigenvalue weighted by Crippen LogP contribution is -2.50. The Hall–Kier alpha value is -3.47. The normalized spacial score (nSPS) is 21.9. The number of carbonyl (C=O) groups is 2. The molecule has 0 saturated carbocycles. The standard InChI is InChI=1S/C26H35N5O.C2HF3O2/c1-21-6-5-14-31(21)25-13-15-30(20-25)24-11-9-22(10-12-24)27-26(32)29-18-16-28(17-19-29)23-7-3-2-4-8-23;3-2(4,5)1(6)7/h2-4,7-12,21,25H,5-6,13-20H2,1H3,(H,27,32);(H,6,7). The molecular formula is C28H36F3N5O3. The van der Waals surface area contributed by atoms with Gasteiger partial charge < -0.3 is 25.1 Å². The summed E-state index contributed by atoms with van der Waals surface area (Å²) in [6, 6.07) is 20.2. The molecule has 3 aliphatic heterocycles. The number of hydrogen-bond acceptors (Lipinski definition) is 5. The van der Waals surface area contributed by atoms with Crippen molar-refractivity contribution < 1.29 is 27.9 Å². The molecule has 2 amide bonds. The molecule has 2 unspecified atom stereocenters. The first-order chi connectivity index (χ1) is 18.6. The van der Waals surface area contributed by atoms with Gasteiger partial charge in [-0.1, -0.05) is 18.2 Å². The number of halogens is 3. The fourth-order valence-electron chi connectivity index (χ4n) is 5.51. The molecule has 0 aromatic heterocycles. The van der Waals surface area contributed by atoms with Crippen molar-refractivity contribution in [2.45, 2.75) is 44.4 Å². The van der Waals surface area contributed by atoms with E-state index < -0.39 is 12.1 Å². The van der Waals surface area contributed by atoms with Gasteiger partial charge in [0.05, 0.1) is 0 Å². The summed E-state index contributed by atoms with van der Waals surface area (Å²) in [5.74, 6) is -2.76. The Kier molecular flexibility index (Phi) is 9.21. The molecule has 2 aromatic rings. The second-order valence-electron chi connectivity index (χ2n) is 10.2. The Balaban J connectivity index is 0.000000448. The zero-order chi connectivity index (χ0) is 28.0. The van der Waals surface area contributed by atoms with Gasteiger partial charge in [0.1, 0.15) is 0 Å². The third kappa shape index (κ3) is 7.56. The van der Waals surface area contributed by atoms with Gasteiger partial charge in [0.2, 0.25) is 0 Å². The molecule has 0 radical (unpaired) electrons. The maximum Gasteiger partial charge on any atom is 0.490 e. The molecule has 3 aliphatic rings. The molecule has 0 spiro atoms. The molecule has 8 nitrogen and oxygen atoms in total. The van der Waals surface area contributed by atoms with E-state index in [1.54, 1.807) is 0 Å². The summed E-state index contributed by atoms with van der Waals surface area (Å²) in [4.78, 5) is 31.1. The van der Waals surface area contributed by atoms with Crippen molar-refractivity contribution in [3.63, 3.8) is 0 Å². The highest BCUT2D eigenvalue weighted by Gasteiger charge is 2.38. The van der Waals surface area contributed by atoms with Crippen LogP contribution < -0.4 is 15.1 Å². The van der Waals surface area contributed by atoms with Crippen molar-refractivity contribution >= 4 is 29.1 Å². The molecule has 0 bridgehead atoms. The van der Waals surface area contributed by atoms with Crippen LogP contribution in [0.5, 0.6) is 0 Å². The van der Waals surface area contributed by atoms with Gasteiger partial charge in [-0.2, -0.15) is 13.2 Å². The fourth-order valence-corrected chi connectivity index (χ4v) is 5.51. The number of nitrogens with one attached hydrogen (secondary N) is 1. The summed E-state index contributed by atoms with van der Waals surface area (Å²) in [5.41, 5.74) is 3.36. The zero-order valence-corrected chi connectivity index (χ0v) is 22.1. The number of likely N-dealkylation sites (tertiary alicyclic amines) is 1. The number of carboxylic acids is 1. The average Bonchev–Trinajstić information content (AvgIpc) is 3.58. The van der Waals surface area contributed by atoms with E-state index in [0.717, 1.165) is 51.0 Å². The molecule has 2 N–H and O–H groups in total. The van der Waals surface area contributed by atoms with Crippen LogP contribution in [0, 0.1) is 0 Å². The van der Waals surface area contributed by atoms with E-state index in [1.165, 1.54) is 37.2 Å². The van der Waals surface area contributed by atoms with Crippen LogP contribution in [0.15, 0.2) is 54.6 Å². The Morgan fingerprint density at radius 3 is 2.03 bits per heavy atom. The van der Waals surface area contributed by atoms with E-state index in [9.17, 15) is 18.0 Å². The van der Waals surface area contributed by atoms with Crippen LogP contribution in [0.4, 0.5) is 35.0 Å². The van der Waals surface area contributed by atoms with E-state index in [-0.39, 0.29) is 6.03 Å². The maximum atomic E-state index is 12.8. The SMILES string of the molecule is CC1CCCN1C1CCN(c2ccc(NC(=O)N3CCN(c4ccccc4)CC3)cc2)C1.O=C(O)C(F)(F)F. The van der Waals surface area contributed by atoms with Crippen molar-refractivity contribution in [1.29, 1.82) is 0 Å². The number of anilines is 3. The van der Waals surface area contributed by atoms with Crippen LogP contribution in [-0.2, 0) is 4.79 Å². The summed E-state index contributed by atoms with van der Waals surface area (Å²) in [5, 5.41) is 10.2. The van der Waals surface area contributed by atoms with Crippen LogP contribution in [0.2, 0.25) is 0 Å². The minimum atomic E-state index is -5.08. The number of alkyl halides is 3. The molecule has 3 heterocycles. The highest BCUT2D eigenvalue weighted by molar-refractivity contribution is 5.89. The number of rotatable bonds is 4. The molecule has 212 valence electrons. The monoisotopic (exact) mass is 547 g/mol. The second kappa shape index (κ2) is 12.6. The number of nitrogens with zero attached hydrogens (tertiary/aromatic N) is 4. The topological polar surface area (TPSA) is 79.4 Å². The molecule has 3 saturated heterocycles. The molecule has 3 fully saturated rings. The predicted octanol–water partition coefficient (Wildman–Crippen LogP) is 4.74. The highest BCUT2D eigenvalue weighted by Crippen LogP contribution is 2.29. The van der Waals surface area contributed by atoms with Crippen molar-refractivity contribution in [1.82, 2.24) is 9.80 Å². The number of urea groups is 1. The number of para-hydroxylation sites is 1. The molecular weight excluding hydrogens is 511 g/mol. The Morgan fingerprint density at radius 1 is 0.846 bits per heavy atom. The lowest BCUT2D eigenvalue weighted by Gasteiger charge is -2.36. The van der Waals surface area contributed by atoms with E-state index >= 15 is 0 Å². The fraction of sp³-hybridized carbons (Fsp3) is 0.500. The van der Waals surface area contributed by atoms with Gasteiger partial charge in [0.15, 0.2) is 0 Å². The van der Waals surface area contributed by atoms with E-state index in [1.807, 2.05) is 23.1 Å². The molecule has 0 aliphatic carbocycles. The minimum absolute atomic E-state index is 0.00489. The number of carbonyl (C=O) groups excluding carboxylic acids is 1. The first-order valence-electron chi connectivity index (χ1n) is 13.4. The summed E-state index contributed by atoms with van der Waals surface area (Å²) in [7, 11) is 0. The largest absolute Gasteiger partial charge is 0.490 e. The average molecular weight is 548 g/mol. The van der Waals surface area contributed by atoms with Gasteiger partial charge >= 0.3 is 18.2 Å². The summed E-state index contributed by atoms with van der Waals surface area (Å²) >= 11 is 0. The number of benzene rings is 2. The molecule has 11 heteroatoms. The summed E-state index contributed by atoms with van der Waals surface area (Å²) < 4.78 is 31.7. The summed E-state index contributed by atoms with van der Waals surface area (Å²) in [6.45, 7) is 9.06. The first-order valence-corrected chi connectivity index (χ1v) is 13.4. The van der Waals surface area contributed by atoms with Crippen molar-refractivity contribution in [2.75, 3.05) is 60.9 Å². The van der Waals surface area contributed by atoms with Crippen LogP contribution in [0.3, 0.4) is 0 Å². The van der Waals surface area contributed by atoms with Crippen LogP contribution in [-0.4, -0.2) is 91.0 Å². The Morgan fingerprint density at radius 2 is 1.46 bits per heavy atom. The quantitative estimate of drug-likeness (QED) is 0.576. The van der Waals surface area contributed by atoms with E-state index in [4.69, 9.17) is 9.90 Å². The minimum Gasteiger partial charge on any atom is -0.475 e. The van der Waals surface area contributed by atoms with Gasteiger partial charge in [-0.3, -0.25) is 4.90 Å². The molecule has 2 aromatic carbocycles. The third-order valence-electron chi connectivity index (χ3n) is 7.65. The number of aliphatic carboxylic acids is 1. The van der Waals surface area contributed by atoms with Gasteiger partial charge in [0, 0.05) is 68.4 Å². The maximum absolute atomic E-state index is 12.8. The lowest BCUT2D eigenvalue weighted by molar-refractivity contribution is -0.192. The van der Waals surface area contributed by atoms with Crippen molar-refractivity contribution in [3.8, 4) is 0 Å². The number of amides is 2. The number of carboxylic acid groups (broad SMARTS) is 1. The number of piperazine rings is 1. The first kappa shape index (κ1) is 28.5. The Labute approximate surface area is 227 Å². The smallest absolute Gasteiger partial charge is 0.475 e. The molecule has 5 rings (SSSR count). The van der Waals surface area contributed by atoms with E-state index in [2.05, 4.69) is 63.3 Å². The second-order valence-corrected chi connectivity index (χ2v) is 10.2. The van der Waals surface area contributed by atoms with Crippen molar-refractivity contribution in [3.05, 3.63) is 54.6 Å². The molecule has 39 heavy (non-hydrogen) atoms. The van der Waals surface area contributed by atoms with E-state index in [0.29, 0.717) is 6.04 Å². The van der Waals surface area contributed by atoms with Gasteiger partial charge in [-0.25, -0.2) is 9.59 Å². The highest BCUT2D eigenvalue weighted by atomic mass is 19.4. The third-order valence-corrected chi connectivity index (χ3v) is 7.65. The van der Waals surface area contributed by atoms with Crippen molar-refractivity contribution in [2.24, 2.45) is 0 Å². The number of hydrogen-bond donors (Lipinski definition) is 2. The van der Waals surface area contributed by atoms with Crippen LogP contribution in [0.25, 0.3) is 0 Å². The Bertz CT molecular complexity index is 1090. The van der Waals surface area contributed by atoms with Gasteiger partial charge in [0.25, 0.3) is 0 Å². The zero-order valence-electron chi connectivity index (χ0n) is 22.1. The van der Waals surface area contributed by atoms with Gasteiger partial charge in [-0.05, 0) is 69.1 Å². The van der Waals surface area contributed by atoms with Crippen LogP contribution >= 0.6 is 0 Å². The lowest BCUT2D eigenvalue weighted by atomic mass is 10.2. The molecule has 2 atom stereocenters. The predicted molar refractivity (Wildman–Crippen MR) is 145 cm³/mol.